The van der Waals surface area contributed by atoms with Crippen LogP contribution in [0.15, 0.2) is 66.7 Å². The summed E-state index contributed by atoms with van der Waals surface area (Å²) in [6.07, 6.45) is -0.551. The van der Waals surface area contributed by atoms with E-state index in [0.717, 1.165) is 32.7 Å². The molecule has 0 aliphatic carbocycles. The second-order valence-corrected chi connectivity index (χ2v) is 7.75. The van der Waals surface area contributed by atoms with Crippen LogP contribution in [-0.4, -0.2) is 49.7 Å². The zero-order chi connectivity index (χ0) is 19.6. The van der Waals surface area contributed by atoms with Gasteiger partial charge in [0.25, 0.3) is 5.91 Å². The Kier molecular flexibility index (Phi) is 4.82. The second-order valence-electron chi connectivity index (χ2n) is 7.75. The molecule has 5 heteroatoms. The van der Waals surface area contributed by atoms with Gasteiger partial charge in [-0.25, -0.2) is 0 Å². The fraction of sp³-hybridized carbons (Fsp3) is 0.292. The van der Waals surface area contributed by atoms with Gasteiger partial charge in [0.2, 0.25) is 6.10 Å². The molecule has 5 rings (SSSR count). The summed E-state index contributed by atoms with van der Waals surface area (Å²) >= 11 is 0. The van der Waals surface area contributed by atoms with Crippen molar-refractivity contribution >= 4 is 16.7 Å². The van der Waals surface area contributed by atoms with Gasteiger partial charge in [0.15, 0.2) is 11.5 Å². The number of nitrogens with one attached hydrogen (secondary N) is 1. The Balaban J connectivity index is 1.20. The lowest BCUT2D eigenvalue weighted by Gasteiger charge is -2.35. The molecule has 0 saturated carbocycles. The quantitative estimate of drug-likeness (QED) is 0.744. The van der Waals surface area contributed by atoms with E-state index in [1.807, 2.05) is 29.2 Å². The van der Waals surface area contributed by atoms with Crippen LogP contribution < -0.4 is 14.4 Å². The van der Waals surface area contributed by atoms with Crippen molar-refractivity contribution < 1.29 is 19.2 Å². The van der Waals surface area contributed by atoms with E-state index < -0.39 is 6.10 Å². The molecule has 0 bridgehead atoms. The van der Waals surface area contributed by atoms with Gasteiger partial charge in [0.1, 0.15) is 13.2 Å². The summed E-state index contributed by atoms with van der Waals surface area (Å²) < 4.78 is 11.6. The number of nitrogens with zero attached hydrogens (tertiary/aromatic N) is 1. The molecule has 0 aromatic heterocycles. The molecule has 148 valence electrons. The topological polar surface area (TPSA) is 43.2 Å². The van der Waals surface area contributed by atoms with E-state index in [4.69, 9.17) is 9.47 Å². The van der Waals surface area contributed by atoms with Crippen molar-refractivity contribution in [2.45, 2.75) is 12.6 Å². The first kappa shape index (κ1) is 18.0. The van der Waals surface area contributed by atoms with E-state index in [9.17, 15) is 4.79 Å². The van der Waals surface area contributed by atoms with Crippen molar-refractivity contribution in [2.75, 3.05) is 32.8 Å². The third-order valence-corrected chi connectivity index (χ3v) is 5.89. The van der Waals surface area contributed by atoms with Crippen LogP contribution in [-0.2, 0) is 11.3 Å². The zero-order valence-corrected chi connectivity index (χ0v) is 16.3. The molecule has 0 unspecified atom stereocenters. The number of piperazine rings is 1. The minimum absolute atomic E-state index is 0.0312. The predicted molar refractivity (Wildman–Crippen MR) is 111 cm³/mol. The molecule has 1 fully saturated rings. The number of para-hydroxylation sites is 2. The summed E-state index contributed by atoms with van der Waals surface area (Å²) in [6.45, 7) is 4.65. The lowest BCUT2D eigenvalue weighted by atomic mass is 10.0. The van der Waals surface area contributed by atoms with E-state index >= 15 is 0 Å². The van der Waals surface area contributed by atoms with Crippen LogP contribution in [0.25, 0.3) is 10.8 Å². The van der Waals surface area contributed by atoms with Crippen molar-refractivity contribution in [1.29, 1.82) is 0 Å². The predicted octanol–water partition coefficient (Wildman–Crippen LogP) is 1.91. The van der Waals surface area contributed by atoms with Gasteiger partial charge in [-0.15, -0.1) is 0 Å². The lowest BCUT2D eigenvalue weighted by molar-refractivity contribution is -0.917. The third kappa shape index (κ3) is 3.66. The van der Waals surface area contributed by atoms with Crippen molar-refractivity contribution in [3.63, 3.8) is 0 Å². The van der Waals surface area contributed by atoms with Gasteiger partial charge < -0.3 is 19.3 Å². The summed E-state index contributed by atoms with van der Waals surface area (Å²) in [5, 5.41) is 2.61. The highest BCUT2D eigenvalue weighted by Crippen LogP contribution is 2.31. The van der Waals surface area contributed by atoms with E-state index in [2.05, 4.69) is 42.5 Å². The maximum Gasteiger partial charge on any atom is 0.267 e. The Labute approximate surface area is 170 Å². The van der Waals surface area contributed by atoms with E-state index in [-0.39, 0.29) is 12.5 Å². The van der Waals surface area contributed by atoms with Crippen LogP contribution in [0, 0.1) is 0 Å². The number of fused-ring (bicyclic) bond motifs is 2. The fourth-order valence-electron chi connectivity index (χ4n) is 4.28. The van der Waals surface area contributed by atoms with Crippen molar-refractivity contribution in [3.8, 4) is 11.5 Å². The highest BCUT2D eigenvalue weighted by atomic mass is 16.6. The van der Waals surface area contributed by atoms with Crippen LogP contribution in [0.2, 0.25) is 0 Å². The number of ether oxygens (including phenoxy) is 2. The molecule has 0 spiro atoms. The van der Waals surface area contributed by atoms with Gasteiger partial charge in [-0.05, 0) is 22.9 Å². The van der Waals surface area contributed by atoms with E-state index in [1.165, 1.54) is 21.2 Å². The van der Waals surface area contributed by atoms with Gasteiger partial charge >= 0.3 is 0 Å². The SMILES string of the molecule is O=C([C@H]1COc2ccccc2O1)N1CC[NH+](Cc2cccc3ccccc23)CC1. The van der Waals surface area contributed by atoms with Crippen molar-refractivity contribution in [2.24, 2.45) is 0 Å². The second kappa shape index (κ2) is 7.76. The van der Waals surface area contributed by atoms with Crippen LogP contribution in [0.1, 0.15) is 5.56 Å². The largest absolute Gasteiger partial charge is 0.485 e. The minimum Gasteiger partial charge on any atom is -0.485 e. The summed E-state index contributed by atoms with van der Waals surface area (Å²) in [4.78, 5) is 16.4. The summed E-state index contributed by atoms with van der Waals surface area (Å²) in [6, 6.07) is 22.6. The molecule has 5 nitrogen and oxygen atoms in total. The highest BCUT2D eigenvalue weighted by molar-refractivity contribution is 5.85. The average molecular weight is 389 g/mol. The van der Waals surface area contributed by atoms with Crippen LogP contribution >= 0.6 is 0 Å². The van der Waals surface area contributed by atoms with Crippen molar-refractivity contribution in [1.82, 2.24) is 4.90 Å². The first-order valence-electron chi connectivity index (χ1n) is 10.3. The zero-order valence-electron chi connectivity index (χ0n) is 16.3. The van der Waals surface area contributed by atoms with Gasteiger partial charge in [0, 0.05) is 5.56 Å². The Hall–Kier alpha value is -3.05. The van der Waals surface area contributed by atoms with Gasteiger partial charge in [-0.3, -0.25) is 4.79 Å². The molecule has 29 heavy (non-hydrogen) atoms. The molecule has 2 aliphatic rings. The molecular weight excluding hydrogens is 364 g/mol. The van der Waals surface area contributed by atoms with E-state index in [0.29, 0.717) is 11.5 Å². The number of benzene rings is 3. The highest BCUT2D eigenvalue weighted by Gasteiger charge is 2.33. The summed E-state index contributed by atoms with van der Waals surface area (Å²) in [5.74, 6) is 1.39. The summed E-state index contributed by atoms with van der Waals surface area (Å²) in [5.41, 5.74) is 1.37. The Morgan fingerprint density at radius 3 is 2.52 bits per heavy atom. The minimum atomic E-state index is -0.551. The van der Waals surface area contributed by atoms with E-state index in [1.54, 1.807) is 0 Å². The molecule has 1 saturated heterocycles. The molecule has 2 heterocycles. The number of carbonyl (C=O) groups excluding carboxylic acids is 1. The van der Waals surface area contributed by atoms with Gasteiger partial charge in [-0.1, -0.05) is 54.6 Å². The van der Waals surface area contributed by atoms with Crippen LogP contribution in [0.5, 0.6) is 11.5 Å². The maximum atomic E-state index is 12.9. The Morgan fingerprint density at radius 1 is 0.931 bits per heavy atom. The standard InChI is InChI=1S/C24H24N2O3/c27-24(23-17-28-21-10-3-4-11-22(21)29-23)26-14-12-25(13-15-26)16-19-8-5-7-18-6-1-2-9-20(18)19/h1-11,23H,12-17H2/p+1/t23-/m1/s1. The smallest absolute Gasteiger partial charge is 0.267 e. The molecule has 1 atom stereocenters. The third-order valence-electron chi connectivity index (χ3n) is 5.89. The maximum absolute atomic E-state index is 12.9. The van der Waals surface area contributed by atoms with Crippen LogP contribution in [0.4, 0.5) is 0 Å². The molecule has 3 aromatic rings. The number of rotatable bonds is 3. The number of hydrogen-bond donors (Lipinski definition) is 1. The Bertz CT molecular complexity index is 1020. The van der Waals surface area contributed by atoms with Gasteiger partial charge in [0.05, 0.1) is 26.2 Å². The Morgan fingerprint density at radius 2 is 1.66 bits per heavy atom. The molecular formula is C24H25N2O3+. The van der Waals surface area contributed by atoms with Crippen molar-refractivity contribution in [3.05, 3.63) is 72.3 Å². The number of amides is 1. The first-order chi connectivity index (χ1) is 14.3. The number of carbonyl (C=O) groups is 1. The number of hydrogen-bond acceptors (Lipinski definition) is 3. The first-order valence-corrected chi connectivity index (χ1v) is 10.3. The van der Waals surface area contributed by atoms with Gasteiger partial charge in [-0.2, -0.15) is 0 Å². The fourth-order valence-corrected chi connectivity index (χ4v) is 4.28. The molecule has 0 radical (unpaired) electrons. The average Bonchev–Trinajstić information content (AvgIpc) is 2.79. The summed E-state index contributed by atoms with van der Waals surface area (Å²) in [7, 11) is 0. The molecule has 2 aliphatic heterocycles. The molecule has 3 aromatic carbocycles. The monoisotopic (exact) mass is 389 g/mol. The lowest BCUT2D eigenvalue weighted by Crippen LogP contribution is -3.13. The molecule has 1 N–H and O–H groups in total. The van der Waals surface area contributed by atoms with Crippen LogP contribution in [0.3, 0.4) is 0 Å². The normalized spacial score (nSPS) is 19.3. The number of quaternary nitrogens is 1. The molecule has 1 amide bonds.